The standard InChI is InChI=1S/C12H9BrN2O5/c1-18-6-2-5(3-7-9(6)20-4-19-7)10-14-11(16)8(13)12(17)15-10/h2-3H,4H2,1H3,(H2,14,15,16,17). The molecule has 1 aliphatic heterocycles. The fraction of sp³-hybridized carbons (Fsp3) is 0.167. The number of rotatable bonds is 2. The van der Waals surface area contributed by atoms with E-state index in [4.69, 9.17) is 14.2 Å². The number of nitrogens with one attached hydrogen (secondary N) is 1. The third-order valence-electron chi connectivity index (χ3n) is 2.78. The molecule has 0 saturated carbocycles. The van der Waals surface area contributed by atoms with Crippen molar-refractivity contribution >= 4 is 15.9 Å². The number of hydrogen-bond donors (Lipinski definition) is 2. The number of H-pyrrole nitrogens is 1. The summed E-state index contributed by atoms with van der Waals surface area (Å²) in [6.45, 7) is 0.102. The largest absolute Gasteiger partial charge is 0.493 e. The van der Waals surface area contributed by atoms with Gasteiger partial charge in [-0.1, -0.05) is 0 Å². The average Bonchev–Trinajstić information content (AvgIpc) is 2.91. The van der Waals surface area contributed by atoms with Crippen molar-refractivity contribution in [3.8, 4) is 34.5 Å². The summed E-state index contributed by atoms with van der Waals surface area (Å²) < 4.78 is 15.8. The quantitative estimate of drug-likeness (QED) is 0.863. The minimum absolute atomic E-state index is 0.0195. The highest BCUT2D eigenvalue weighted by Gasteiger charge is 2.21. The summed E-state index contributed by atoms with van der Waals surface area (Å²) in [7, 11) is 1.50. The van der Waals surface area contributed by atoms with Gasteiger partial charge in [-0.2, -0.15) is 4.98 Å². The lowest BCUT2D eigenvalue weighted by molar-refractivity contribution is 0.171. The second-order valence-electron chi connectivity index (χ2n) is 3.96. The van der Waals surface area contributed by atoms with E-state index >= 15 is 0 Å². The van der Waals surface area contributed by atoms with E-state index in [9.17, 15) is 9.90 Å². The van der Waals surface area contributed by atoms with Gasteiger partial charge in [-0.25, -0.2) is 0 Å². The molecule has 20 heavy (non-hydrogen) atoms. The molecular weight excluding hydrogens is 332 g/mol. The number of aromatic hydroxyl groups is 1. The molecule has 1 aromatic heterocycles. The molecule has 0 bridgehead atoms. The number of ether oxygens (including phenoxy) is 3. The Hall–Kier alpha value is -2.22. The number of aromatic amines is 1. The van der Waals surface area contributed by atoms with Gasteiger partial charge in [-0.15, -0.1) is 0 Å². The van der Waals surface area contributed by atoms with E-state index in [1.807, 2.05) is 0 Å². The molecule has 0 saturated heterocycles. The molecule has 0 atom stereocenters. The zero-order chi connectivity index (χ0) is 14.3. The normalized spacial score (nSPS) is 12.5. The van der Waals surface area contributed by atoms with E-state index in [0.717, 1.165) is 0 Å². The molecule has 0 aliphatic carbocycles. The van der Waals surface area contributed by atoms with Crippen molar-refractivity contribution in [2.24, 2.45) is 0 Å². The maximum atomic E-state index is 11.6. The van der Waals surface area contributed by atoms with Crippen LogP contribution in [0.15, 0.2) is 21.4 Å². The van der Waals surface area contributed by atoms with Crippen molar-refractivity contribution in [2.75, 3.05) is 13.9 Å². The number of fused-ring (bicyclic) bond motifs is 1. The van der Waals surface area contributed by atoms with Crippen LogP contribution in [0.4, 0.5) is 0 Å². The van der Waals surface area contributed by atoms with Gasteiger partial charge in [0.05, 0.1) is 7.11 Å². The van der Waals surface area contributed by atoms with Crippen molar-refractivity contribution in [3.63, 3.8) is 0 Å². The van der Waals surface area contributed by atoms with E-state index < -0.39 is 5.56 Å². The Balaban J connectivity index is 2.18. The molecule has 0 fully saturated rings. The maximum Gasteiger partial charge on any atom is 0.269 e. The van der Waals surface area contributed by atoms with Gasteiger partial charge in [0.2, 0.25) is 18.4 Å². The van der Waals surface area contributed by atoms with Gasteiger partial charge in [0.15, 0.2) is 11.5 Å². The van der Waals surface area contributed by atoms with Crippen LogP contribution in [-0.2, 0) is 0 Å². The summed E-state index contributed by atoms with van der Waals surface area (Å²) in [6, 6.07) is 3.29. The van der Waals surface area contributed by atoms with Gasteiger partial charge in [0.1, 0.15) is 10.3 Å². The van der Waals surface area contributed by atoms with Crippen LogP contribution in [0.25, 0.3) is 11.4 Å². The molecule has 2 aromatic rings. The van der Waals surface area contributed by atoms with Gasteiger partial charge >= 0.3 is 0 Å². The molecular formula is C12H9BrN2O5. The second-order valence-corrected chi connectivity index (χ2v) is 4.76. The Labute approximate surface area is 121 Å². The fourth-order valence-electron chi connectivity index (χ4n) is 1.85. The molecule has 8 heteroatoms. The predicted octanol–water partition coefficient (Wildman–Crippen LogP) is 1.64. The molecule has 1 aromatic carbocycles. The van der Waals surface area contributed by atoms with E-state index in [2.05, 4.69) is 25.9 Å². The number of aromatic nitrogens is 2. The van der Waals surface area contributed by atoms with Crippen molar-refractivity contribution in [1.82, 2.24) is 9.97 Å². The zero-order valence-corrected chi connectivity index (χ0v) is 11.9. The van der Waals surface area contributed by atoms with Crippen LogP contribution in [0.5, 0.6) is 23.1 Å². The number of benzene rings is 1. The Morgan fingerprint density at radius 3 is 2.95 bits per heavy atom. The number of hydrogen-bond acceptors (Lipinski definition) is 6. The van der Waals surface area contributed by atoms with E-state index in [1.54, 1.807) is 12.1 Å². The highest BCUT2D eigenvalue weighted by atomic mass is 79.9. The Morgan fingerprint density at radius 1 is 1.45 bits per heavy atom. The number of nitrogens with zero attached hydrogens (tertiary/aromatic N) is 1. The summed E-state index contributed by atoms with van der Waals surface area (Å²) in [5.74, 6) is 1.26. The zero-order valence-electron chi connectivity index (χ0n) is 10.3. The van der Waals surface area contributed by atoms with Crippen LogP contribution in [-0.4, -0.2) is 29.0 Å². The van der Waals surface area contributed by atoms with Crippen LogP contribution in [0.3, 0.4) is 0 Å². The molecule has 0 spiro atoms. The molecule has 0 radical (unpaired) electrons. The lowest BCUT2D eigenvalue weighted by atomic mass is 10.1. The Kier molecular flexibility index (Phi) is 3.01. The molecule has 7 nitrogen and oxygen atoms in total. The van der Waals surface area contributed by atoms with Crippen molar-refractivity contribution in [1.29, 1.82) is 0 Å². The lowest BCUT2D eigenvalue weighted by Crippen LogP contribution is -2.09. The number of halogens is 1. The number of methoxy groups -OCH3 is 1. The Morgan fingerprint density at radius 2 is 2.25 bits per heavy atom. The van der Waals surface area contributed by atoms with Crippen molar-refractivity contribution in [3.05, 3.63) is 27.0 Å². The van der Waals surface area contributed by atoms with Crippen LogP contribution >= 0.6 is 15.9 Å². The third kappa shape index (κ3) is 1.97. The van der Waals surface area contributed by atoms with Crippen molar-refractivity contribution < 1.29 is 19.3 Å². The molecule has 1 aliphatic rings. The topological polar surface area (TPSA) is 93.7 Å². The summed E-state index contributed by atoms with van der Waals surface area (Å²) in [5, 5.41) is 9.60. The highest BCUT2D eigenvalue weighted by Crippen LogP contribution is 2.43. The minimum Gasteiger partial charge on any atom is -0.493 e. The van der Waals surface area contributed by atoms with Crippen LogP contribution < -0.4 is 19.8 Å². The monoisotopic (exact) mass is 340 g/mol. The molecule has 2 heterocycles. The van der Waals surface area contributed by atoms with Gasteiger partial charge in [0, 0.05) is 5.56 Å². The van der Waals surface area contributed by atoms with E-state index in [0.29, 0.717) is 22.8 Å². The molecule has 0 amide bonds. The first kappa shape index (κ1) is 12.8. The van der Waals surface area contributed by atoms with Gasteiger partial charge < -0.3 is 24.3 Å². The van der Waals surface area contributed by atoms with Gasteiger partial charge in [0.25, 0.3) is 5.56 Å². The SMILES string of the molecule is COc1cc(-c2nc(O)c(Br)c(=O)[nH]2)cc2c1OCO2. The summed E-state index contributed by atoms with van der Waals surface area (Å²) in [6.07, 6.45) is 0. The first-order valence-electron chi connectivity index (χ1n) is 5.57. The van der Waals surface area contributed by atoms with Crippen LogP contribution in [0, 0.1) is 0 Å². The lowest BCUT2D eigenvalue weighted by Gasteiger charge is -2.08. The third-order valence-corrected chi connectivity index (χ3v) is 3.49. The first-order chi connectivity index (χ1) is 9.60. The van der Waals surface area contributed by atoms with E-state index in [1.165, 1.54) is 7.11 Å². The molecule has 3 rings (SSSR count). The second kappa shape index (κ2) is 4.71. The van der Waals surface area contributed by atoms with Crippen molar-refractivity contribution in [2.45, 2.75) is 0 Å². The summed E-state index contributed by atoms with van der Waals surface area (Å²) in [5.41, 5.74) is 0.0510. The predicted molar refractivity (Wildman–Crippen MR) is 72.3 cm³/mol. The minimum atomic E-state index is -0.482. The van der Waals surface area contributed by atoms with Gasteiger partial charge in [-0.05, 0) is 28.1 Å². The first-order valence-corrected chi connectivity index (χ1v) is 6.36. The fourth-order valence-corrected chi connectivity index (χ4v) is 2.04. The van der Waals surface area contributed by atoms with Gasteiger partial charge in [-0.3, -0.25) is 4.79 Å². The summed E-state index contributed by atoms with van der Waals surface area (Å²) >= 11 is 2.94. The molecule has 0 unspecified atom stereocenters. The Bertz CT molecular complexity index is 743. The van der Waals surface area contributed by atoms with E-state index in [-0.39, 0.29) is 23.0 Å². The molecule has 104 valence electrons. The average molecular weight is 341 g/mol. The smallest absolute Gasteiger partial charge is 0.269 e. The van der Waals surface area contributed by atoms with Crippen LogP contribution in [0.2, 0.25) is 0 Å². The highest BCUT2D eigenvalue weighted by molar-refractivity contribution is 9.10. The molecule has 2 N–H and O–H groups in total. The maximum absolute atomic E-state index is 11.6. The summed E-state index contributed by atoms with van der Waals surface area (Å²) in [4.78, 5) is 18.1. The van der Waals surface area contributed by atoms with Crippen LogP contribution in [0.1, 0.15) is 0 Å².